The summed E-state index contributed by atoms with van der Waals surface area (Å²) in [6.07, 6.45) is 0.917. The molecule has 1 aromatic carbocycles. The molecule has 0 aliphatic carbocycles. The third kappa shape index (κ3) is 3.35. The first-order chi connectivity index (χ1) is 8.28. The third-order valence-corrected chi connectivity index (χ3v) is 2.66. The highest BCUT2D eigenvalue weighted by atomic mass is 16.5. The van der Waals surface area contributed by atoms with E-state index in [1.807, 2.05) is 19.2 Å². The molecule has 0 fully saturated rings. The number of likely N-dealkylation sites (N-methyl/N-ethyl adjacent to an activating group) is 1. The molecular weight excluding hydrogens is 218 g/mol. The fraction of sp³-hybridized carbons (Fsp3) is 0.538. The SMILES string of the molecule is CNCCc1ccc(OC)c(COC)c1OC. The minimum atomic E-state index is 0.486. The molecule has 0 aliphatic heterocycles. The predicted molar refractivity (Wildman–Crippen MR) is 67.9 cm³/mol. The summed E-state index contributed by atoms with van der Waals surface area (Å²) in [7, 11) is 6.93. The Bertz CT molecular complexity index is 353. The van der Waals surface area contributed by atoms with Gasteiger partial charge in [0.1, 0.15) is 11.5 Å². The van der Waals surface area contributed by atoms with Gasteiger partial charge in [-0.15, -0.1) is 0 Å². The molecule has 96 valence electrons. The summed E-state index contributed by atoms with van der Waals surface area (Å²) in [5, 5.41) is 3.13. The lowest BCUT2D eigenvalue weighted by Gasteiger charge is -2.16. The zero-order valence-corrected chi connectivity index (χ0v) is 11.0. The molecule has 0 saturated carbocycles. The number of hydrogen-bond acceptors (Lipinski definition) is 4. The maximum absolute atomic E-state index is 5.48. The van der Waals surface area contributed by atoms with Crippen LogP contribution in [0.1, 0.15) is 11.1 Å². The quantitative estimate of drug-likeness (QED) is 0.784. The first-order valence-electron chi connectivity index (χ1n) is 5.64. The van der Waals surface area contributed by atoms with Crippen LogP contribution in [0.15, 0.2) is 12.1 Å². The summed E-state index contributed by atoms with van der Waals surface area (Å²) in [5.41, 5.74) is 2.13. The molecule has 0 saturated heterocycles. The lowest BCUT2D eigenvalue weighted by molar-refractivity contribution is 0.178. The Morgan fingerprint density at radius 2 is 1.88 bits per heavy atom. The lowest BCUT2D eigenvalue weighted by atomic mass is 10.0. The topological polar surface area (TPSA) is 39.7 Å². The molecule has 0 heterocycles. The first-order valence-corrected chi connectivity index (χ1v) is 5.64. The van der Waals surface area contributed by atoms with Crippen LogP contribution in [0.25, 0.3) is 0 Å². The molecule has 0 spiro atoms. The zero-order valence-electron chi connectivity index (χ0n) is 11.0. The second-order valence-electron chi connectivity index (χ2n) is 3.73. The summed E-state index contributed by atoms with van der Waals surface area (Å²) in [4.78, 5) is 0. The van der Waals surface area contributed by atoms with E-state index in [0.717, 1.165) is 35.6 Å². The Hall–Kier alpha value is -1.26. The maximum Gasteiger partial charge on any atom is 0.131 e. The van der Waals surface area contributed by atoms with Gasteiger partial charge in [0.2, 0.25) is 0 Å². The predicted octanol–water partition coefficient (Wildman–Crippen LogP) is 1.61. The van der Waals surface area contributed by atoms with Crippen LogP contribution in [0.4, 0.5) is 0 Å². The Labute approximate surface area is 103 Å². The molecule has 0 aliphatic rings. The van der Waals surface area contributed by atoms with E-state index in [9.17, 15) is 0 Å². The molecule has 17 heavy (non-hydrogen) atoms. The average Bonchev–Trinajstić information content (AvgIpc) is 2.36. The van der Waals surface area contributed by atoms with Crippen LogP contribution in [0.5, 0.6) is 11.5 Å². The fourth-order valence-electron chi connectivity index (χ4n) is 1.84. The monoisotopic (exact) mass is 239 g/mol. The Morgan fingerprint density at radius 3 is 2.41 bits per heavy atom. The van der Waals surface area contributed by atoms with Crippen LogP contribution >= 0.6 is 0 Å². The highest BCUT2D eigenvalue weighted by Gasteiger charge is 2.14. The van der Waals surface area contributed by atoms with Crippen LogP contribution in [0.3, 0.4) is 0 Å². The van der Waals surface area contributed by atoms with Crippen molar-refractivity contribution in [2.75, 3.05) is 34.9 Å². The summed E-state index contributed by atoms with van der Waals surface area (Å²) in [6.45, 7) is 1.40. The van der Waals surface area contributed by atoms with Crippen LogP contribution < -0.4 is 14.8 Å². The Balaban J connectivity index is 3.10. The molecule has 1 rings (SSSR count). The van der Waals surface area contributed by atoms with Gasteiger partial charge in [-0.25, -0.2) is 0 Å². The Kier molecular flexibility index (Phi) is 5.80. The minimum Gasteiger partial charge on any atom is -0.496 e. The zero-order chi connectivity index (χ0) is 12.7. The van der Waals surface area contributed by atoms with Gasteiger partial charge in [-0.2, -0.15) is 0 Å². The van der Waals surface area contributed by atoms with E-state index in [1.54, 1.807) is 21.3 Å². The summed E-state index contributed by atoms with van der Waals surface area (Å²) >= 11 is 0. The van der Waals surface area contributed by atoms with Gasteiger partial charge in [0, 0.05) is 7.11 Å². The highest BCUT2D eigenvalue weighted by molar-refractivity contribution is 5.50. The first kappa shape index (κ1) is 13.8. The molecule has 0 bridgehead atoms. The van der Waals surface area contributed by atoms with Crippen LogP contribution in [-0.4, -0.2) is 34.9 Å². The molecule has 4 nitrogen and oxygen atoms in total. The smallest absolute Gasteiger partial charge is 0.131 e. The van der Waals surface area contributed by atoms with Gasteiger partial charge < -0.3 is 19.5 Å². The van der Waals surface area contributed by atoms with E-state index in [0.29, 0.717) is 6.61 Å². The van der Waals surface area contributed by atoms with Crippen molar-refractivity contribution in [2.45, 2.75) is 13.0 Å². The maximum atomic E-state index is 5.48. The van der Waals surface area contributed by atoms with Crippen LogP contribution in [0.2, 0.25) is 0 Å². The van der Waals surface area contributed by atoms with E-state index < -0.39 is 0 Å². The van der Waals surface area contributed by atoms with Crippen molar-refractivity contribution in [3.8, 4) is 11.5 Å². The van der Waals surface area contributed by atoms with Crippen molar-refractivity contribution in [2.24, 2.45) is 0 Å². The standard InChI is InChI=1S/C13H21NO3/c1-14-8-7-10-5-6-12(16-3)11(9-15-2)13(10)17-4/h5-6,14H,7-9H2,1-4H3. The van der Waals surface area contributed by atoms with E-state index in [4.69, 9.17) is 14.2 Å². The molecule has 4 heteroatoms. The van der Waals surface area contributed by atoms with Crippen molar-refractivity contribution in [1.82, 2.24) is 5.32 Å². The molecular formula is C13H21NO3. The van der Waals surface area contributed by atoms with E-state index in [-0.39, 0.29) is 0 Å². The number of hydrogen-bond donors (Lipinski definition) is 1. The van der Waals surface area contributed by atoms with Gasteiger partial charge in [-0.05, 0) is 31.6 Å². The van der Waals surface area contributed by atoms with Crippen molar-refractivity contribution in [3.05, 3.63) is 23.3 Å². The lowest BCUT2D eigenvalue weighted by Crippen LogP contribution is -2.12. The van der Waals surface area contributed by atoms with Gasteiger partial charge in [0.25, 0.3) is 0 Å². The third-order valence-electron chi connectivity index (χ3n) is 2.66. The van der Waals surface area contributed by atoms with Gasteiger partial charge in [-0.1, -0.05) is 6.07 Å². The summed E-state index contributed by atoms with van der Waals surface area (Å²) in [5.74, 6) is 1.67. The highest BCUT2D eigenvalue weighted by Crippen LogP contribution is 2.33. The van der Waals surface area contributed by atoms with Crippen LogP contribution in [0, 0.1) is 0 Å². The van der Waals surface area contributed by atoms with Gasteiger partial charge in [0.05, 0.1) is 26.4 Å². The van der Waals surface area contributed by atoms with Crippen molar-refractivity contribution >= 4 is 0 Å². The fourth-order valence-corrected chi connectivity index (χ4v) is 1.84. The second kappa shape index (κ2) is 7.14. The van der Waals surface area contributed by atoms with Gasteiger partial charge >= 0.3 is 0 Å². The largest absolute Gasteiger partial charge is 0.496 e. The van der Waals surface area contributed by atoms with Crippen molar-refractivity contribution in [1.29, 1.82) is 0 Å². The number of benzene rings is 1. The van der Waals surface area contributed by atoms with E-state index >= 15 is 0 Å². The number of methoxy groups -OCH3 is 3. The average molecular weight is 239 g/mol. The van der Waals surface area contributed by atoms with Gasteiger partial charge in [0.15, 0.2) is 0 Å². The summed E-state index contributed by atoms with van der Waals surface area (Å²) < 4.78 is 16.0. The van der Waals surface area contributed by atoms with E-state index in [2.05, 4.69) is 5.32 Å². The number of rotatable bonds is 7. The molecule has 0 radical (unpaired) electrons. The van der Waals surface area contributed by atoms with Gasteiger partial charge in [-0.3, -0.25) is 0 Å². The van der Waals surface area contributed by atoms with Crippen molar-refractivity contribution < 1.29 is 14.2 Å². The summed E-state index contributed by atoms with van der Waals surface area (Å²) in [6, 6.07) is 4.00. The second-order valence-corrected chi connectivity index (χ2v) is 3.73. The molecule has 1 aromatic rings. The minimum absolute atomic E-state index is 0.486. The molecule has 0 unspecified atom stereocenters. The number of ether oxygens (including phenoxy) is 3. The van der Waals surface area contributed by atoms with Crippen LogP contribution in [-0.2, 0) is 17.8 Å². The molecule has 0 amide bonds. The molecule has 0 atom stereocenters. The van der Waals surface area contributed by atoms with Crippen molar-refractivity contribution in [3.63, 3.8) is 0 Å². The van der Waals surface area contributed by atoms with E-state index in [1.165, 1.54) is 0 Å². The Morgan fingerprint density at radius 1 is 1.12 bits per heavy atom. The normalized spacial score (nSPS) is 10.4. The molecule has 1 N–H and O–H groups in total. The number of nitrogens with one attached hydrogen (secondary N) is 1. The molecule has 0 aromatic heterocycles.